The molecule has 0 atom stereocenters. The summed E-state index contributed by atoms with van der Waals surface area (Å²) in [5.74, 6) is -0.933. The fourth-order valence-electron chi connectivity index (χ4n) is 2.23. The van der Waals surface area contributed by atoms with E-state index in [0.29, 0.717) is 16.2 Å². The fourth-order valence-corrected chi connectivity index (χ4v) is 2.73. The van der Waals surface area contributed by atoms with Crippen LogP contribution in [0, 0.1) is 0 Å². The fraction of sp³-hybridized carbons (Fsp3) is 0.500. The van der Waals surface area contributed by atoms with Gasteiger partial charge in [-0.3, -0.25) is 4.98 Å². The molecule has 0 radical (unpaired) electrons. The van der Waals surface area contributed by atoms with Crippen LogP contribution in [0.2, 0.25) is 0 Å². The third kappa shape index (κ3) is 2.97. The van der Waals surface area contributed by atoms with Gasteiger partial charge in [-0.15, -0.1) is 0 Å². The molecule has 5 heteroatoms. The second kappa shape index (κ2) is 5.49. The number of aromatic nitrogens is 1. The monoisotopic (exact) mass is 298 g/mol. The van der Waals surface area contributed by atoms with Gasteiger partial charge in [0.1, 0.15) is 0 Å². The second-order valence-corrected chi connectivity index (χ2v) is 5.18. The van der Waals surface area contributed by atoms with E-state index in [9.17, 15) is 9.90 Å². The van der Waals surface area contributed by atoms with Gasteiger partial charge >= 0.3 is 5.97 Å². The van der Waals surface area contributed by atoms with Gasteiger partial charge in [-0.2, -0.15) is 0 Å². The molecule has 0 aromatic carbocycles. The molecule has 2 rings (SSSR count). The molecular weight excluding hydrogens is 284 g/mol. The standard InChI is InChI=1S/C12H15BrN2O2/c13-9-6-14-7-10(11(9)12(16)17)15-8-4-2-1-3-5-8/h6-8,15H,1-5H2,(H,16,17). The maximum absolute atomic E-state index is 11.2. The number of pyridine rings is 1. The molecule has 1 saturated carbocycles. The van der Waals surface area contributed by atoms with Crippen LogP contribution in [0.5, 0.6) is 0 Å². The second-order valence-electron chi connectivity index (χ2n) is 4.33. The molecule has 0 unspecified atom stereocenters. The van der Waals surface area contributed by atoms with E-state index < -0.39 is 5.97 Å². The van der Waals surface area contributed by atoms with Crippen molar-refractivity contribution < 1.29 is 9.90 Å². The lowest BCUT2D eigenvalue weighted by Gasteiger charge is -2.24. The molecule has 0 spiro atoms. The highest BCUT2D eigenvalue weighted by Gasteiger charge is 2.19. The quantitative estimate of drug-likeness (QED) is 0.899. The lowest BCUT2D eigenvalue weighted by Crippen LogP contribution is -2.23. The summed E-state index contributed by atoms with van der Waals surface area (Å²) in [4.78, 5) is 15.2. The zero-order valence-corrected chi connectivity index (χ0v) is 11.0. The highest BCUT2D eigenvalue weighted by atomic mass is 79.9. The van der Waals surface area contributed by atoms with Crippen molar-refractivity contribution in [1.82, 2.24) is 4.98 Å². The van der Waals surface area contributed by atoms with Crippen molar-refractivity contribution in [1.29, 1.82) is 0 Å². The molecule has 92 valence electrons. The minimum Gasteiger partial charge on any atom is -0.478 e. The van der Waals surface area contributed by atoms with E-state index in [1.165, 1.54) is 25.5 Å². The number of halogens is 1. The average Bonchev–Trinajstić information content (AvgIpc) is 2.30. The summed E-state index contributed by atoms with van der Waals surface area (Å²) < 4.78 is 0.519. The maximum atomic E-state index is 11.2. The summed E-state index contributed by atoms with van der Waals surface area (Å²) in [5.41, 5.74) is 0.879. The first-order chi connectivity index (χ1) is 8.18. The van der Waals surface area contributed by atoms with Crippen LogP contribution in [0.15, 0.2) is 16.9 Å². The van der Waals surface area contributed by atoms with Gasteiger partial charge in [0.05, 0.1) is 21.9 Å². The molecule has 2 N–H and O–H groups in total. The molecule has 1 aliphatic carbocycles. The van der Waals surface area contributed by atoms with Crippen molar-refractivity contribution in [3.8, 4) is 0 Å². The zero-order valence-electron chi connectivity index (χ0n) is 9.45. The number of nitrogens with one attached hydrogen (secondary N) is 1. The number of hydrogen-bond acceptors (Lipinski definition) is 3. The SMILES string of the molecule is O=C(O)c1c(Br)cncc1NC1CCCCC1. The topological polar surface area (TPSA) is 62.2 Å². The Kier molecular flexibility index (Phi) is 3.99. The van der Waals surface area contributed by atoms with Crippen LogP contribution in [0.4, 0.5) is 5.69 Å². The van der Waals surface area contributed by atoms with E-state index in [4.69, 9.17) is 0 Å². The van der Waals surface area contributed by atoms with Crippen LogP contribution in [0.25, 0.3) is 0 Å². The Bertz CT molecular complexity index is 417. The van der Waals surface area contributed by atoms with Crippen molar-refractivity contribution >= 4 is 27.6 Å². The number of rotatable bonds is 3. The van der Waals surface area contributed by atoms with Gasteiger partial charge in [0.2, 0.25) is 0 Å². The highest BCUT2D eigenvalue weighted by Crippen LogP contribution is 2.27. The molecule has 1 aromatic rings. The Morgan fingerprint density at radius 1 is 1.35 bits per heavy atom. The molecular formula is C12H15BrN2O2. The summed E-state index contributed by atoms with van der Waals surface area (Å²) in [6, 6.07) is 0.373. The molecule has 0 saturated heterocycles. The van der Waals surface area contributed by atoms with Crippen molar-refractivity contribution in [2.75, 3.05) is 5.32 Å². The summed E-state index contributed by atoms with van der Waals surface area (Å²) in [6.45, 7) is 0. The van der Waals surface area contributed by atoms with E-state index in [-0.39, 0.29) is 5.56 Å². The minimum atomic E-state index is -0.933. The zero-order chi connectivity index (χ0) is 12.3. The number of nitrogens with zero attached hydrogens (tertiary/aromatic N) is 1. The predicted molar refractivity (Wildman–Crippen MR) is 69.4 cm³/mol. The lowest BCUT2D eigenvalue weighted by molar-refractivity contribution is 0.0696. The number of hydrogen-bond donors (Lipinski definition) is 2. The van der Waals surface area contributed by atoms with Gasteiger partial charge in [0.25, 0.3) is 0 Å². The van der Waals surface area contributed by atoms with Gasteiger partial charge in [-0.25, -0.2) is 4.79 Å². The van der Waals surface area contributed by atoms with Gasteiger partial charge in [0, 0.05) is 12.2 Å². The molecule has 1 aromatic heterocycles. The van der Waals surface area contributed by atoms with E-state index in [1.54, 1.807) is 6.20 Å². The molecule has 1 heterocycles. The Labute approximate surface area is 109 Å². The molecule has 0 amide bonds. The van der Waals surface area contributed by atoms with E-state index in [1.807, 2.05) is 0 Å². The molecule has 1 fully saturated rings. The highest BCUT2D eigenvalue weighted by molar-refractivity contribution is 9.10. The Morgan fingerprint density at radius 2 is 2.06 bits per heavy atom. The van der Waals surface area contributed by atoms with Gasteiger partial charge < -0.3 is 10.4 Å². The summed E-state index contributed by atoms with van der Waals surface area (Å²) >= 11 is 3.23. The largest absolute Gasteiger partial charge is 0.478 e. The van der Waals surface area contributed by atoms with Gasteiger partial charge in [-0.1, -0.05) is 19.3 Å². The van der Waals surface area contributed by atoms with Crippen molar-refractivity contribution in [3.05, 3.63) is 22.4 Å². The molecule has 1 aliphatic rings. The van der Waals surface area contributed by atoms with E-state index in [0.717, 1.165) is 12.8 Å². The molecule has 17 heavy (non-hydrogen) atoms. The Hall–Kier alpha value is -1.10. The van der Waals surface area contributed by atoms with Gasteiger partial charge in [0.15, 0.2) is 0 Å². The number of carboxylic acid groups (broad SMARTS) is 1. The van der Waals surface area contributed by atoms with Gasteiger partial charge in [-0.05, 0) is 28.8 Å². The first-order valence-corrected chi connectivity index (χ1v) is 6.61. The summed E-state index contributed by atoms with van der Waals surface area (Å²) in [7, 11) is 0. The first-order valence-electron chi connectivity index (χ1n) is 5.82. The lowest BCUT2D eigenvalue weighted by atomic mass is 9.95. The van der Waals surface area contributed by atoms with Crippen LogP contribution in [0.1, 0.15) is 42.5 Å². The summed E-state index contributed by atoms with van der Waals surface area (Å²) in [6.07, 6.45) is 9.00. The third-order valence-corrected chi connectivity index (χ3v) is 3.68. The Balaban J connectivity index is 2.19. The van der Waals surface area contributed by atoms with Crippen LogP contribution < -0.4 is 5.32 Å². The molecule has 4 nitrogen and oxygen atoms in total. The normalized spacial score (nSPS) is 16.8. The summed E-state index contributed by atoms with van der Waals surface area (Å²) in [5, 5.41) is 12.5. The van der Waals surface area contributed by atoms with Crippen molar-refractivity contribution in [2.24, 2.45) is 0 Å². The number of carboxylic acids is 1. The van der Waals surface area contributed by atoms with Crippen LogP contribution >= 0.6 is 15.9 Å². The maximum Gasteiger partial charge on any atom is 0.339 e. The van der Waals surface area contributed by atoms with Crippen LogP contribution in [0.3, 0.4) is 0 Å². The van der Waals surface area contributed by atoms with Crippen LogP contribution in [-0.2, 0) is 0 Å². The third-order valence-electron chi connectivity index (χ3n) is 3.08. The smallest absolute Gasteiger partial charge is 0.339 e. The molecule has 0 aliphatic heterocycles. The van der Waals surface area contributed by atoms with Crippen molar-refractivity contribution in [3.63, 3.8) is 0 Å². The first kappa shape index (κ1) is 12.4. The average molecular weight is 299 g/mol. The van der Waals surface area contributed by atoms with Crippen LogP contribution in [-0.4, -0.2) is 22.1 Å². The number of carbonyl (C=O) groups is 1. The van der Waals surface area contributed by atoms with E-state index >= 15 is 0 Å². The predicted octanol–water partition coefficient (Wildman–Crippen LogP) is 3.29. The number of anilines is 1. The van der Waals surface area contributed by atoms with Crippen molar-refractivity contribution in [2.45, 2.75) is 38.1 Å². The van der Waals surface area contributed by atoms with E-state index in [2.05, 4.69) is 26.2 Å². The Morgan fingerprint density at radius 3 is 2.71 bits per heavy atom. The minimum absolute atomic E-state index is 0.269. The molecule has 0 bridgehead atoms. The number of aromatic carboxylic acids is 1.